The molecule has 0 spiro atoms. The first kappa shape index (κ1) is 19.8. The van der Waals surface area contributed by atoms with Crippen molar-refractivity contribution in [1.82, 2.24) is 4.31 Å². The highest BCUT2D eigenvalue weighted by Gasteiger charge is 2.32. The van der Waals surface area contributed by atoms with Gasteiger partial charge in [-0.3, -0.25) is 0 Å². The molecule has 2 rings (SSSR count). The molecule has 1 aliphatic rings. The predicted octanol–water partition coefficient (Wildman–Crippen LogP) is 4.06. The van der Waals surface area contributed by atoms with E-state index in [1.54, 1.807) is 42.4 Å². The third-order valence-corrected chi connectivity index (χ3v) is 5.86. The summed E-state index contributed by atoms with van der Waals surface area (Å²) in [4.78, 5) is 0.222. The molecule has 0 atom stereocenters. The van der Waals surface area contributed by atoms with Crippen molar-refractivity contribution < 1.29 is 18.3 Å². The summed E-state index contributed by atoms with van der Waals surface area (Å²) in [5.74, 6) is 1.12. The standard InChI is InChI=1S/C19H29NO4S/c1-13(2)11-20(12-14(3)4)25(22,23)16-7-8-17-15(9-16)10-18(21)19(5,6)24-17/h7-10,13-14,21H,11-12H2,1-6H3. The topological polar surface area (TPSA) is 66.8 Å². The van der Waals surface area contributed by atoms with Crippen LogP contribution < -0.4 is 4.74 Å². The van der Waals surface area contributed by atoms with Crippen LogP contribution in [-0.4, -0.2) is 36.5 Å². The van der Waals surface area contributed by atoms with Crippen molar-refractivity contribution in [1.29, 1.82) is 0 Å². The summed E-state index contributed by atoms with van der Waals surface area (Å²) in [6.07, 6.45) is 1.58. The molecule has 1 aromatic carbocycles. The Morgan fingerprint density at radius 3 is 2.20 bits per heavy atom. The quantitative estimate of drug-likeness (QED) is 0.823. The number of benzene rings is 1. The van der Waals surface area contributed by atoms with Crippen LogP contribution in [0.25, 0.3) is 6.08 Å². The lowest BCUT2D eigenvalue weighted by Gasteiger charge is -2.31. The fraction of sp³-hybridized carbons (Fsp3) is 0.579. The van der Waals surface area contributed by atoms with Gasteiger partial charge < -0.3 is 9.84 Å². The number of rotatable bonds is 6. The third-order valence-electron chi connectivity index (χ3n) is 4.03. The monoisotopic (exact) mass is 367 g/mol. The molecule has 0 radical (unpaired) electrons. The van der Waals surface area contributed by atoms with Crippen molar-refractivity contribution in [3.63, 3.8) is 0 Å². The number of ether oxygens (including phenoxy) is 1. The molecule has 1 N–H and O–H groups in total. The van der Waals surface area contributed by atoms with Gasteiger partial charge >= 0.3 is 0 Å². The zero-order chi connectivity index (χ0) is 19.0. The third kappa shape index (κ3) is 4.36. The predicted molar refractivity (Wildman–Crippen MR) is 100 cm³/mol. The molecule has 5 nitrogen and oxygen atoms in total. The molecule has 1 aromatic rings. The Labute approximate surface area is 151 Å². The number of hydrogen-bond donors (Lipinski definition) is 1. The van der Waals surface area contributed by atoms with Crippen molar-refractivity contribution >= 4 is 16.1 Å². The molecule has 1 heterocycles. The Hall–Kier alpha value is -1.53. The first-order chi connectivity index (χ1) is 11.4. The van der Waals surface area contributed by atoms with Gasteiger partial charge in [-0.05, 0) is 50.0 Å². The van der Waals surface area contributed by atoms with Crippen LogP contribution in [0.4, 0.5) is 0 Å². The van der Waals surface area contributed by atoms with Gasteiger partial charge in [-0.15, -0.1) is 0 Å². The summed E-state index contributed by atoms with van der Waals surface area (Å²) >= 11 is 0. The number of hydrogen-bond acceptors (Lipinski definition) is 4. The first-order valence-corrected chi connectivity index (χ1v) is 10.1. The number of fused-ring (bicyclic) bond motifs is 1. The van der Waals surface area contributed by atoms with Gasteiger partial charge in [0.2, 0.25) is 10.0 Å². The fourth-order valence-electron chi connectivity index (χ4n) is 2.78. The van der Waals surface area contributed by atoms with Crippen molar-refractivity contribution in [3.8, 4) is 5.75 Å². The van der Waals surface area contributed by atoms with E-state index >= 15 is 0 Å². The van der Waals surface area contributed by atoms with Crippen molar-refractivity contribution in [2.24, 2.45) is 11.8 Å². The normalized spacial score (nSPS) is 16.8. The largest absolute Gasteiger partial charge is 0.508 e. The van der Waals surface area contributed by atoms with Gasteiger partial charge in [0.15, 0.2) is 5.60 Å². The van der Waals surface area contributed by atoms with Gasteiger partial charge in [0.1, 0.15) is 11.5 Å². The first-order valence-electron chi connectivity index (χ1n) is 8.68. The number of aliphatic hydroxyl groups excluding tert-OH is 1. The van der Waals surface area contributed by atoms with Gasteiger partial charge in [0.25, 0.3) is 0 Å². The summed E-state index contributed by atoms with van der Waals surface area (Å²) in [5, 5.41) is 10.1. The molecule has 0 fully saturated rings. The second kappa shape index (κ2) is 7.00. The van der Waals surface area contributed by atoms with E-state index in [-0.39, 0.29) is 22.5 Å². The molecule has 0 saturated heterocycles. The fourth-order valence-corrected chi connectivity index (χ4v) is 4.58. The molecule has 0 aromatic heterocycles. The summed E-state index contributed by atoms with van der Waals surface area (Å²) in [6.45, 7) is 12.5. The van der Waals surface area contributed by atoms with Gasteiger partial charge in [0, 0.05) is 18.7 Å². The van der Waals surface area contributed by atoms with Crippen LogP contribution in [0.15, 0.2) is 28.9 Å². The van der Waals surface area contributed by atoms with Crippen LogP contribution in [0.1, 0.15) is 47.1 Å². The van der Waals surface area contributed by atoms with E-state index < -0.39 is 15.6 Å². The average molecular weight is 368 g/mol. The maximum Gasteiger partial charge on any atom is 0.243 e. The molecular weight excluding hydrogens is 338 g/mol. The molecule has 0 bridgehead atoms. The summed E-state index contributed by atoms with van der Waals surface area (Å²) < 4.78 is 33.5. The van der Waals surface area contributed by atoms with Crippen LogP contribution in [0, 0.1) is 11.8 Å². The lowest BCUT2D eigenvalue weighted by molar-refractivity contribution is 0.0936. The van der Waals surface area contributed by atoms with Crippen molar-refractivity contribution in [2.75, 3.05) is 13.1 Å². The van der Waals surface area contributed by atoms with Crippen LogP contribution in [0.5, 0.6) is 5.75 Å². The minimum absolute atomic E-state index is 0.0794. The number of sulfonamides is 1. The Kier molecular flexibility index (Phi) is 5.54. The molecule has 1 aliphatic heterocycles. The lowest BCUT2D eigenvalue weighted by Crippen LogP contribution is -2.37. The van der Waals surface area contributed by atoms with Gasteiger partial charge in [-0.25, -0.2) is 8.42 Å². The van der Waals surface area contributed by atoms with E-state index in [0.717, 1.165) is 0 Å². The lowest BCUT2D eigenvalue weighted by atomic mass is 10.0. The van der Waals surface area contributed by atoms with E-state index in [1.807, 2.05) is 27.7 Å². The second-order valence-corrected chi connectivity index (χ2v) is 9.89. The van der Waals surface area contributed by atoms with E-state index in [0.29, 0.717) is 24.4 Å². The molecule has 6 heteroatoms. The maximum atomic E-state index is 13.1. The van der Waals surface area contributed by atoms with E-state index in [2.05, 4.69) is 0 Å². The summed E-state index contributed by atoms with van der Waals surface area (Å²) in [6, 6.07) is 4.81. The Bertz CT molecular complexity index is 754. The minimum atomic E-state index is -3.60. The Morgan fingerprint density at radius 2 is 1.68 bits per heavy atom. The van der Waals surface area contributed by atoms with Gasteiger partial charge in [-0.2, -0.15) is 4.31 Å². The highest BCUT2D eigenvalue weighted by atomic mass is 32.2. The Morgan fingerprint density at radius 1 is 1.12 bits per heavy atom. The highest BCUT2D eigenvalue weighted by molar-refractivity contribution is 7.89. The molecule has 0 unspecified atom stereocenters. The van der Waals surface area contributed by atoms with Crippen LogP contribution in [0.2, 0.25) is 0 Å². The van der Waals surface area contributed by atoms with Crippen molar-refractivity contribution in [3.05, 3.63) is 29.5 Å². The zero-order valence-corrected chi connectivity index (χ0v) is 16.7. The van der Waals surface area contributed by atoms with Crippen LogP contribution in [-0.2, 0) is 10.0 Å². The molecule has 0 saturated carbocycles. The summed E-state index contributed by atoms with van der Waals surface area (Å²) in [7, 11) is -3.60. The zero-order valence-electron chi connectivity index (χ0n) is 15.9. The van der Waals surface area contributed by atoms with Gasteiger partial charge in [-0.1, -0.05) is 27.7 Å². The van der Waals surface area contributed by atoms with Crippen LogP contribution >= 0.6 is 0 Å². The average Bonchev–Trinajstić information content (AvgIpc) is 2.46. The summed E-state index contributed by atoms with van der Waals surface area (Å²) in [5.41, 5.74) is -0.235. The number of aliphatic hydroxyl groups is 1. The second-order valence-electron chi connectivity index (χ2n) is 7.95. The molecular formula is C19H29NO4S. The highest BCUT2D eigenvalue weighted by Crippen LogP contribution is 2.36. The van der Waals surface area contributed by atoms with Gasteiger partial charge in [0.05, 0.1) is 4.90 Å². The molecule has 140 valence electrons. The molecule has 0 amide bonds. The number of nitrogens with zero attached hydrogens (tertiary/aromatic N) is 1. The molecule has 0 aliphatic carbocycles. The minimum Gasteiger partial charge on any atom is -0.508 e. The smallest absolute Gasteiger partial charge is 0.243 e. The Balaban J connectivity index is 2.43. The molecule has 25 heavy (non-hydrogen) atoms. The van der Waals surface area contributed by atoms with Crippen LogP contribution in [0.3, 0.4) is 0 Å². The SMILES string of the molecule is CC(C)CN(CC(C)C)S(=O)(=O)c1ccc2c(c1)C=C(O)C(C)(C)O2. The van der Waals surface area contributed by atoms with E-state index in [1.165, 1.54) is 0 Å². The van der Waals surface area contributed by atoms with Crippen molar-refractivity contribution in [2.45, 2.75) is 52.0 Å². The maximum absolute atomic E-state index is 13.1. The van der Waals surface area contributed by atoms with E-state index in [4.69, 9.17) is 4.74 Å². The van der Waals surface area contributed by atoms with E-state index in [9.17, 15) is 13.5 Å².